The number of aryl methyl sites for hydroxylation is 1. The average Bonchev–Trinajstić information content (AvgIpc) is 2.57. The number of nitrogens with one attached hydrogen (secondary N) is 2. The van der Waals surface area contributed by atoms with E-state index in [-0.39, 0.29) is 23.9 Å². The Morgan fingerprint density at radius 2 is 1.79 bits per heavy atom. The van der Waals surface area contributed by atoms with Crippen molar-refractivity contribution in [1.82, 2.24) is 10.4 Å². The van der Waals surface area contributed by atoms with E-state index < -0.39 is 0 Å². The Hall–Kier alpha value is -2.82. The molecule has 1 atom stereocenters. The number of rotatable bonds is 3. The quantitative estimate of drug-likeness (QED) is 0.912. The molecule has 5 nitrogen and oxygen atoms in total. The van der Waals surface area contributed by atoms with Gasteiger partial charge in [-0.05, 0) is 37.1 Å². The first-order valence-corrected chi connectivity index (χ1v) is 8.04. The minimum absolute atomic E-state index is 0.126. The maximum absolute atomic E-state index is 12.8. The first-order chi connectivity index (χ1) is 11.5. The highest BCUT2D eigenvalue weighted by Crippen LogP contribution is 2.27. The molecule has 5 heteroatoms. The van der Waals surface area contributed by atoms with Gasteiger partial charge >= 0.3 is 0 Å². The highest BCUT2D eigenvalue weighted by molar-refractivity contribution is 6.03. The summed E-state index contributed by atoms with van der Waals surface area (Å²) in [7, 11) is 0. The molecule has 0 spiro atoms. The third kappa shape index (κ3) is 2.97. The van der Waals surface area contributed by atoms with Crippen LogP contribution in [-0.2, 0) is 0 Å². The van der Waals surface area contributed by atoms with Crippen molar-refractivity contribution in [2.75, 3.05) is 5.32 Å². The van der Waals surface area contributed by atoms with Crippen LogP contribution in [0.5, 0.6) is 0 Å². The zero-order valence-electron chi connectivity index (χ0n) is 14.0. The summed E-state index contributed by atoms with van der Waals surface area (Å²) in [6, 6.07) is 14.6. The third-order valence-corrected chi connectivity index (χ3v) is 4.13. The van der Waals surface area contributed by atoms with Crippen LogP contribution in [0, 0.1) is 12.8 Å². The Bertz CT molecular complexity index is 768. The van der Waals surface area contributed by atoms with Crippen molar-refractivity contribution < 1.29 is 9.59 Å². The fourth-order valence-electron chi connectivity index (χ4n) is 2.74. The SMILES string of the molecule is Cc1ccc(C(=O)NN2C(=O)c3ccccc3NC2C(C)C)cc1. The van der Waals surface area contributed by atoms with E-state index in [0.717, 1.165) is 11.3 Å². The number of hydrogen-bond acceptors (Lipinski definition) is 3. The molecule has 1 heterocycles. The average molecular weight is 323 g/mol. The molecular formula is C19H21N3O2. The minimum Gasteiger partial charge on any atom is -0.363 e. The number of anilines is 1. The molecule has 2 aromatic carbocycles. The highest BCUT2D eigenvalue weighted by atomic mass is 16.2. The fourth-order valence-corrected chi connectivity index (χ4v) is 2.74. The predicted molar refractivity (Wildman–Crippen MR) is 93.5 cm³/mol. The normalized spacial score (nSPS) is 16.6. The summed E-state index contributed by atoms with van der Waals surface area (Å²) in [5.41, 5.74) is 5.71. The lowest BCUT2D eigenvalue weighted by atomic mass is 10.0. The number of hydrazine groups is 1. The summed E-state index contributed by atoms with van der Waals surface area (Å²) in [6.07, 6.45) is -0.304. The van der Waals surface area contributed by atoms with E-state index in [1.165, 1.54) is 5.01 Å². The van der Waals surface area contributed by atoms with Gasteiger partial charge in [-0.2, -0.15) is 0 Å². The van der Waals surface area contributed by atoms with Crippen LogP contribution in [-0.4, -0.2) is 23.0 Å². The minimum atomic E-state index is -0.304. The molecule has 0 saturated heterocycles. The number of amides is 2. The summed E-state index contributed by atoms with van der Waals surface area (Å²) in [6.45, 7) is 5.97. The van der Waals surface area contributed by atoms with Crippen LogP contribution in [0.4, 0.5) is 5.69 Å². The number of carbonyl (C=O) groups is 2. The molecule has 1 aliphatic heterocycles. The third-order valence-electron chi connectivity index (χ3n) is 4.13. The van der Waals surface area contributed by atoms with Crippen LogP contribution in [0.25, 0.3) is 0 Å². The molecule has 0 aromatic heterocycles. The van der Waals surface area contributed by atoms with Gasteiger partial charge in [0.2, 0.25) is 0 Å². The summed E-state index contributed by atoms with van der Waals surface area (Å²) in [4.78, 5) is 25.3. The van der Waals surface area contributed by atoms with Gasteiger partial charge in [0.25, 0.3) is 11.8 Å². The highest BCUT2D eigenvalue weighted by Gasteiger charge is 2.34. The number of para-hydroxylation sites is 1. The van der Waals surface area contributed by atoms with Crippen molar-refractivity contribution >= 4 is 17.5 Å². The van der Waals surface area contributed by atoms with Crippen LogP contribution < -0.4 is 10.7 Å². The molecule has 124 valence electrons. The maximum Gasteiger partial charge on any atom is 0.276 e. The number of nitrogens with zero attached hydrogens (tertiary/aromatic N) is 1. The second kappa shape index (κ2) is 6.35. The maximum atomic E-state index is 12.8. The molecule has 0 bridgehead atoms. The molecule has 1 aliphatic rings. The topological polar surface area (TPSA) is 61.4 Å². The van der Waals surface area contributed by atoms with Gasteiger partial charge in [0, 0.05) is 11.3 Å². The van der Waals surface area contributed by atoms with Gasteiger partial charge in [-0.3, -0.25) is 15.0 Å². The Morgan fingerprint density at radius 1 is 1.12 bits per heavy atom. The Labute approximate surface area is 141 Å². The number of hydrogen-bond donors (Lipinski definition) is 2. The molecule has 2 amide bonds. The lowest BCUT2D eigenvalue weighted by Crippen LogP contribution is -2.59. The first kappa shape index (κ1) is 16.1. The van der Waals surface area contributed by atoms with Gasteiger partial charge in [0.15, 0.2) is 0 Å². The monoisotopic (exact) mass is 323 g/mol. The Morgan fingerprint density at radius 3 is 2.46 bits per heavy atom. The molecule has 24 heavy (non-hydrogen) atoms. The van der Waals surface area contributed by atoms with Crippen molar-refractivity contribution in [1.29, 1.82) is 0 Å². The van der Waals surface area contributed by atoms with Crippen molar-refractivity contribution in [2.24, 2.45) is 5.92 Å². The van der Waals surface area contributed by atoms with Crippen molar-refractivity contribution in [3.05, 3.63) is 65.2 Å². The standard InChI is InChI=1S/C19H21N3O2/c1-12(2)17-20-16-7-5-4-6-15(16)19(24)22(17)21-18(23)14-10-8-13(3)9-11-14/h4-12,17,20H,1-3H3,(H,21,23). The van der Waals surface area contributed by atoms with Gasteiger partial charge in [-0.15, -0.1) is 0 Å². The molecular weight excluding hydrogens is 302 g/mol. The Kier molecular flexibility index (Phi) is 4.25. The zero-order valence-corrected chi connectivity index (χ0v) is 14.0. The van der Waals surface area contributed by atoms with E-state index in [2.05, 4.69) is 10.7 Å². The van der Waals surface area contributed by atoms with E-state index in [4.69, 9.17) is 0 Å². The molecule has 0 aliphatic carbocycles. The van der Waals surface area contributed by atoms with Gasteiger partial charge in [0.1, 0.15) is 6.17 Å². The van der Waals surface area contributed by atoms with Crippen molar-refractivity contribution in [2.45, 2.75) is 26.9 Å². The van der Waals surface area contributed by atoms with Crippen LogP contribution in [0.1, 0.15) is 40.1 Å². The van der Waals surface area contributed by atoms with Crippen LogP contribution in [0.15, 0.2) is 48.5 Å². The van der Waals surface area contributed by atoms with E-state index in [1.54, 1.807) is 18.2 Å². The van der Waals surface area contributed by atoms with E-state index in [9.17, 15) is 9.59 Å². The lowest BCUT2D eigenvalue weighted by Gasteiger charge is -2.39. The van der Waals surface area contributed by atoms with Crippen molar-refractivity contribution in [3.8, 4) is 0 Å². The summed E-state index contributed by atoms with van der Waals surface area (Å²) >= 11 is 0. The summed E-state index contributed by atoms with van der Waals surface area (Å²) in [5, 5.41) is 4.73. The second-order valence-corrected chi connectivity index (χ2v) is 6.36. The molecule has 0 radical (unpaired) electrons. The molecule has 2 aromatic rings. The molecule has 0 fully saturated rings. The van der Waals surface area contributed by atoms with Crippen LogP contribution in [0.3, 0.4) is 0 Å². The smallest absolute Gasteiger partial charge is 0.276 e. The van der Waals surface area contributed by atoms with E-state index in [1.807, 2.05) is 51.1 Å². The van der Waals surface area contributed by atoms with E-state index in [0.29, 0.717) is 11.1 Å². The largest absolute Gasteiger partial charge is 0.363 e. The number of carbonyl (C=O) groups excluding carboxylic acids is 2. The lowest BCUT2D eigenvalue weighted by molar-refractivity contribution is 0.0439. The first-order valence-electron chi connectivity index (χ1n) is 8.04. The number of fused-ring (bicyclic) bond motifs is 1. The van der Waals surface area contributed by atoms with Gasteiger partial charge in [0.05, 0.1) is 5.56 Å². The van der Waals surface area contributed by atoms with E-state index >= 15 is 0 Å². The van der Waals surface area contributed by atoms with Crippen LogP contribution in [0.2, 0.25) is 0 Å². The van der Waals surface area contributed by atoms with Crippen LogP contribution >= 0.6 is 0 Å². The van der Waals surface area contributed by atoms with Gasteiger partial charge < -0.3 is 5.32 Å². The van der Waals surface area contributed by atoms with Gasteiger partial charge in [-0.25, -0.2) is 5.01 Å². The number of benzene rings is 2. The molecule has 2 N–H and O–H groups in total. The fraction of sp³-hybridized carbons (Fsp3) is 0.263. The second-order valence-electron chi connectivity index (χ2n) is 6.36. The summed E-state index contributed by atoms with van der Waals surface area (Å²) in [5.74, 6) is -0.376. The summed E-state index contributed by atoms with van der Waals surface area (Å²) < 4.78 is 0. The predicted octanol–water partition coefficient (Wildman–Crippen LogP) is 3.19. The van der Waals surface area contributed by atoms with Crippen molar-refractivity contribution in [3.63, 3.8) is 0 Å². The Balaban J connectivity index is 1.88. The molecule has 3 rings (SSSR count). The zero-order chi connectivity index (χ0) is 17.3. The molecule has 1 unspecified atom stereocenters. The van der Waals surface area contributed by atoms with Gasteiger partial charge in [-0.1, -0.05) is 43.7 Å². The molecule has 0 saturated carbocycles.